The molecule has 1 aromatic heterocycles. The van der Waals surface area contributed by atoms with Crippen LogP contribution < -0.4 is 0 Å². The molecule has 5 heteroatoms. The maximum atomic E-state index is 12.8. The number of halogens is 1. The normalized spacial score (nSPS) is 12.6. The van der Waals surface area contributed by atoms with Crippen molar-refractivity contribution >= 4 is 11.8 Å². The Morgan fingerprint density at radius 1 is 1.35 bits per heavy atom. The molecular weight excluding hydrogens is 275 g/mol. The molecule has 3 nitrogen and oxygen atoms in total. The summed E-state index contributed by atoms with van der Waals surface area (Å²) in [5.41, 5.74) is 2.03. The molecule has 1 heterocycles. The van der Waals surface area contributed by atoms with Crippen LogP contribution in [0.15, 0.2) is 35.2 Å². The van der Waals surface area contributed by atoms with E-state index in [-0.39, 0.29) is 5.82 Å². The molecular formula is C15H19FN2OS. The van der Waals surface area contributed by atoms with Gasteiger partial charge in [-0.25, -0.2) is 4.39 Å². The van der Waals surface area contributed by atoms with Gasteiger partial charge in [-0.3, -0.25) is 4.68 Å². The van der Waals surface area contributed by atoms with Crippen molar-refractivity contribution in [1.29, 1.82) is 0 Å². The zero-order valence-corrected chi connectivity index (χ0v) is 12.5. The van der Waals surface area contributed by atoms with Crippen molar-refractivity contribution in [2.24, 2.45) is 0 Å². The summed E-state index contributed by atoms with van der Waals surface area (Å²) < 4.78 is 14.7. The molecule has 0 aliphatic heterocycles. The first-order valence-electron chi connectivity index (χ1n) is 6.68. The van der Waals surface area contributed by atoms with Gasteiger partial charge in [0.25, 0.3) is 0 Å². The summed E-state index contributed by atoms with van der Waals surface area (Å²) in [5.74, 6) is 0.344. The Kier molecular flexibility index (Phi) is 5.20. The number of nitrogens with zero attached hydrogens (tertiary/aromatic N) is 2. The highest BCUT2D eigenvalue weighted by atomic mass is 32.2. The fourth-order valence-corrected chi connectivity index (χ4v) is 2.89. The molecule has 1 unspecified atom stereocenters. The van der Waals surface area contributed by atoms with Crippen molar-refractivity contribution in [2.45, 2.75) is 37.8 Å². The van der Waals surface area contributed by atoms with Crippen LogP contribution in [0.5, 0.6) is 0 Å². The average molecular weight is 294 g/mol. The van der Waals surface area contributed by atoms with Gasteiger partial charge in [0.1, 0.15) is 5.82 Å². The Morgan fingerprint density at radius 2 is 2.05 bits per heavy atom. The largest absolute Gasteiger partial charge is 0.392 e. The third-order valence-electron chi connectivity index (χ3n) is 2.99. The molecule has 0 amide bonds. The van der Waals surface area contributed by atoms with Gasteiger partial charge in [0, 0.05) is 29.3 Å². The predicted octanol–water partition coefficient (Wildman–Crippen LogP) is 3.05. The fourth-order valence-electron chi connectivity index (χ4n) is 2.06. The van der Waals surface area contributed by atoms with E-state index in [0.29, 0.717) is 12.2 Å². The number of thioether (sulfide) groups is 1. The molecule has 0 aliphatic carbocycles. The number of aromatic nitrogens is 2. The van der Waals surface area contributed by atoms with Crippen molar-refractivity contribution in [3.05, 3.63) is 47.5 Å². The van der Waals surface area contributed by atoms with Gasteiger partial charge in [0.15, 0.2) is 0 Å². The second-order valence-electron chi connectivity index (χ2n) is 4.72. The molecule has 1 N–H and O–H groups in total. The second kappa shape index (κ2) is 6.90. The molecule has 0 spiro atoms. The van der Waals surface area contributed by atoms with Gasteiger partial charge in [0.05, 0.1) is 11.8 Å². The van der Waals surface area contributed by atoms with Crippen molar-refractivity contribution < 1.29 is 9.50 Å². The van der Waals surface area contributed by atoms with Crippen LogP contribution in [0.4, 0.5) is 4.39 Å². The van der Waals surface area contributed by atoms with E-state index < -0.39 is 6.10 Å². The van der Waals surface area contributed by atoms with Crippen LogP contribution in [0.3, 0.4) is 0 Å². The Morgan fingerprint density at radius 3 is 2.70 bits per heavy atom. The Bertz CT molecular complexity index is 554. The second-order valence-corrected chi connectivity index (χ2v) is 5.81. The monoisotopic (exact) mass is 294 g/mol. The van der Waals surface area contributed by atoms with E-state index in [1.165, 1.54) is 23.9 Å². The molecule has 2 rings (SSSR count). The molecule has 0 radical (unpaired) electrons. The summed E-state index contributed by atoms with van der Waals surface area (Å²) in [7, 11) is 0. The molecule has 0 aliphatic rings. The number of aryl methyl sites for hydroxylation is 2. The first-order valence-corrected chi connectivity index (χ1v) is 7.66. The topological polar surface area (TPSA) is 38.0 Å². The molecule has 20 heavy (non-hydrogen) atoms. The average Bonchev–Trinajstić information content (AvgIpc) is 2.78. The van der Waals surface area contributed by atoms with E-state index >= 15 is 0 Å². The number of hydrogen-bond acceptors (Lipinski definition) is 3. The lowest BCUT2D eigenvalue weighted by Gasteiger charge is -2.11. The molecule has 0 bridgehead atoms. The molecule has 1 atom stereocenters. The van der Waals surface area contributed by atoms with Crippen molar-refractivity contribution in [1.82, 2.24) is 9.78 Å². The Labute approximate surface area is 122 Å². The van der Waals surface area contributed by atoms with Crippen molar-refractivity contribution in [3.8, 4) is 0 Å². The standard InChI is InChI=1S/C15H19FN2OS/c1-3-18-13(8-11(2)17-18)9-14(19)10-20-15-6-4-12(16)5-7-15/h4-8,14,19H,3,9-10H2,1-2H3. The van der Waals surface area contributed by atoms with Crippen LogP contribution >= 0.6 is 11.8 Å². The Hall–Kier alpha value is -1.33. The molecule has 0 fully saturated rings. The van der Waals surface area contributed by atoms with E-state index in [2.05, 4.69) is 5.10 Å². The molecule has 108 valence electrons. The highest BCUT2D eigenvalue weighted by Gasteiger charge is 2.11. The van der Waals surface area contributed by atoms with Gasteiger partial charge < -0.3 is 5.11 Å². The van der Waals surface area contributed by atoms with E-state index in [0.717, 1.165) is 22.8 Å². The first kappa shape index (κ1) is 15.1. The summed E-state index contributed by atoms with van der Waals surface area (Å²) in [6.07, 6.45) is 0.148. The molecule has 1 aromatic carbocycles. The van der Waals surface area contributed by atoms with Crippen LogP contribution in [0.1, 0.15) is 18.3 Å². The van der Waals surface area contributed by atoms with Crippen LogP contribution in [0, 0.1) is 12.7 Å². The minimum Gasteiger partial charge on any atom is -0.392 e. The van der Waals surface area contributed by atoms with Gasteiger partial charge in [-0.15, -0.1) is 11.8 Å². The van der Waals surface area contributed by atoms with E-state index in [1.54, 1.807) is 12.1 Å². The zero-order chi connectivity index (χ0) is 14.5. The van der Waals surface area contributed by atoms with Gasteiger partial charge in [-0.2, -0.15) is 5.10 Å². The predicted molar refractivity (Wildman–Crippen MR) is 79.5 cm³/mol. The smallest absolute Gasteiger partial charge is 0.123 e. The lowest BCUT2D eigenvalue weighted by atomic mass is 10.2. The number of benzene rings is 1. The van der Waals surface area contributed by atoms with E-state index in [1.807, 2.05) is 24.6 Å². The Balaban J connectivity index is 1.88. The molecule has 0 saturated heterocycles. The first-order chi connectivity index (χ1) is 9.58. The summed E-state index contributed by atoms with van der Waals surface area (Å²) >= 11 is 1.53. The number of aliphatic hydroxyl groups is 1. The van der Waals surface area contributed by atoms with Crippen molar-refractivity contribution in [2.75, 3.05) is 5.75 Å². The number of aliphatic hydroxyl groups excluding tert-OH is 1. The summed E-state index contributed by atoms with van der Waals surface area (Å²) in [5, 5.41) is 14.5. The SMILES string of the molecule is CCn1nc(C)cc1CC(O)CSc1ccc(F)cc1. The third-order valence-corrected chi connectivity index (χ3v) is 4.14. The minimum absolute atomic E-state index is 0.239. The molecule has 2 aromatic rings. The maximum absolute atomic E-state index is 12.8. The zero-order valence-electron chi connectivity index (χ0n) is 11.7. The van der Waals surface area contributed by atoms with Crippen LogP contribution in [-0.4, -0.2) is 26.7 Å². The number of rotatable bonds is 6. The minimum atomic E-state index is -0.438. The summed E-state index contributed by atoms with van der Waals surface area (Å²) in [6, 6.07) is 8.34. The number of hydrogen-bond donors (Lipinski definition) is 1. The lowest BCUT2D eigenvalue weighted by Crippen LogP contribution is -2.16. The quantitative estimate of drug-likeness (QED) is 0.832. The van der Waals surface area contributed by atoms with Crippen LogP contribution in [0.2, 0.25) is 0 Å². The highest BCUT2D eigenvalue weighted by Crippen LogP contribution is 2.20. The third kappa shape index (κ3) is 4.08. The highest BCUT2D eigenvalue weighted by molar-refractivity contribution is 7.99. The van der Waals surface area contributed by atoms with Gasteiger partial charge in [-0.05, 0) is 44.2 Å². The van der Waals surface area contributed by atoms with E-state index in [9.17, 15) is 9.50 Å². The molecule has 0 saturated carbocycles. The fraction of sp³-hybridized carbons (Fsp3) is 0.400. The summed E-state index contributed by atoms with van der Waals surface area (Å²) in [6.45, 7) is 4.80. The van der Waals surface area contributed by atoms with Crippen LogP contribution in [-0.2, 0) is 13.0 Å². The van der Waals surface area contributed by atoms with Gasteiger partial charge in [-0.1, -0.05) is 0 Å². The van der Waals surface area contributed by atoms with Crippen molar-refractivity contribution in [3.63, 3.8) is 0 Å². The van der Waals surface area contributed by atoms with Crippen LogP contribution in [0.25, 0.3) is 0 Å². The summed E-state index contributed by atoms with van der Waals surface area (Å²) in [4.78, 5) is 0.964. The van der Waals surface area contributed by atoms with Gasteiger partial charge in [0.2, 0.25) is 0 Å². The lowest BCUT2D eigenvalue weighted by molar-refractivity contribution is 0.197. The van der Waals surface area contributed by atoms with Gasteiger partial charge >= 0.3 is 0 Å². The maximum Gasteiger partial charge on any atom is 0.123 e. The van der Waals surface area contributed by atoms with E-state index in [4.69, 9.17) is 0 Å².